The van der Waals surface area contributed by atoms with E-state index in [0.29, 0.717) is 10.2 Å². The van der Waals surface area contributed by atoms with E-state index >= 15 is 0 Å². The molecule has 3 aromatic rings. The minimum atomic E-state index is -3.96. The van der Waals surface area contributed by atoms with Crippen molar-refractivity contribution in [3.05, 3.63) is 57.7 Å². The number of thiazole rings is 1. The summed E-state index contributed by atoms with van der Waals surface area (Å²) in [6.45, 7) is 5.65. The molecule has 28 heavy (non-hydrogen) atoms. The standard InChI is InChI=1S/C19H20N2O5S2/c1-4-26-18(22)14-7-5-6-8-15(14)20-28(24,25)13-9-10-16-17(11-13)27-19(23)21(16)12(2)3/h5-12,20H,4H2,1-3H3. The van der Waals surface area contributed by atoms with Gasteiger partial charge in [0.05, 0.1) is 33.0 Å². The first-order valence-electron chi connectivity index (χ1n) is 8.68. The molecule has 0 aliphatic carbocycles. The Morgan fingerprint density at radius 2 is 1.93 bits per heavy atom. The highest BCUT2D eigenvalue weighted by Gasteiger charge is 2.21. The van der Waals surface area contributed by atoms with Crippen LogP contribution >= 0.6 is 11.3 Å². The van der Waals surface area contributed by atoms with E-state index in [9.17, 15) is 18.0 Å². The van der Waals surface area contributed by atoms with Gasteiger partial charge >= 0.3 is 10.8 Å². The van der Waals surface area contributed by atoms with Crippen molar-refractivity contribution in [2.24, 2.45) is 0 Å². The number of rotatable bonds is 6. The normalized spacial score (nSPS) is 11.7. The number of benzene rings is 2. The fourth-order valence-electron chi connectivity index (χ4n) is 2.84. The van der Waals surface area contributed by atoms with Crippen LogP contribution in [0.2, 0.25) is 0 Å². The number of hydrogen-bond donors (Lipinski definition) is 1. The highest BCUT2D eigenvalue weighted by Crippen LogP contribution is 2.26. The lowest BCUT2D eigenvalue weighted by Crippen LogP contribution is -2.16. The van der Waals surface area contributed by atoms with Gasteiger partial charge in [0.1, 0.15) is 0 Å². The number of fused-ring (bicyclic) bond motifs is 1. The van der Waals surface area contributed by atoms with Crippen molar-refractivity contribution in [3.63, 3.8) is 0 Å². The zero-order valence-electron chi connectivity index (χ0n) is 15.6. The van der Waals surface area contributed by atoms with Gasteiger partial charge < -0.3 is 4.74 Å². The van der Waals surface area contributed by atoms with Crippen LogP contribution in [0.15, 0.2) is 52.2 Å². The van der Waals surface area contributed by atoms with E-state index in [1.807, 2.05) is 13.8 Å². The summed E-state index contributed by atoms with van der Waals surface area (Å²) in [4.78, 5) is 24.1. The third-order valence-corrected chi connectivity index (χ3v) is 6.36. The fourth-order valence-corrected chi connectivity index (χ4v) is 5.07. The monoisotopic (exact) mass is 420 g/mol. The molecule has 0 spiro atoms. The van der Waals surface area contributed by atoms with Gasteiger partial charge in [0.25, 0.3) is 10.0 Å². The molecule has 0 aliphatic rings. The molecule has 0 bridgehead atoms. The van der Waals surface area contributed by atoms with E-state index in [1.165, 1.54) is 24.3 Å². The van der Waals surface area contributed by atoms with Crippen molar-refractivity contribution in [1.82, 2.24) is 4.57 Å². The van der Waals surface area contributed by atoms with Gasteiger partial charge in [0.15, 0.2) is 0 Å². The summed E-state index contributed by atoms with van der Waals surface area (Å²) < 4.78 is 35.3. The summed E-state index contributed by atoms with van der Waals surface area (Å²) in [7, 11) is -3.96. The molecular formula is C19H20N2O5S2. The lowest BCUT2D eigenvalue weighted by atomic mass is 10.2. The molecule has 0 saturated heterocycles. The first-order chi connectivity index (χ1) is 13.2. The smallest absolute Gasteiger partial charge is 0.340 e. The molecule has 0 saturated carbocycles. The predicted octanol–water partition coefficient (Wildman–Crippen LogP) is 3.62. The second kappa shape index (κ2) is 7.76. The molecule has 0 aliphatic heterocycles. The van der Waals surface area contributed by atoms with E-state index in [1.54, 1.807) is 29.7 Å². The van der Waals surface area contributed by atoms with Crippen LogP contribution in [-0.2, 0) is 14.8 Å². The number of nitrogens with zero attached hydrogens (tertiary/aromatic N) is 1. The van der Waals surface area contributed by atoms with Crippen LogP contribution in [-0.4, -0.2) is 25.6 Å². The first kappa shape index (κ1) is 20.1. The maximum Gasteiger partial charge on any atom is 0.340 e. The Bertz CT molecular complexity index is 1190. The van der Waals surface area contributed by atoms with Crippen LogP contribution in [0.25, 0.3) is 10.2 Å². The van der Waals surface area contributed by atoms with Crippen molar-refractivity contribution in [1.29, 1.82) is 0 Å². The molecule has 0 radical (unpaired) electrons. The van der Waals surface area contributed by atoms with Crippen LogP contribution < -0.4 is 9.60 Å². The Morgan fingerprint density at radius 3 is 2.61 bits per heavy atom. The second-order valence-electron chi connectivity index (χ2n) is 6.33. The predicted molar refractivity (Wildman–Crippen MR) is 110 cm³/mol. The lowest BCUT2D eigenvalue weighted by Gasteiger charge is -2.12. The SMILES string of the molecule is CCOC(=O)c1ccccc1NS(=O)(=O)c1ccc2c(c1)sc(=O)n2C(C)C. The van der Waals surface area contributed by atoms with Crippen molar-refractivity contribution in [2.45, 2.75) is 31.7 Å². The number of ether oxygens (including phenoxy) is 1. The van der Waals surface area contributed by atoms with Gasteiger partial charge in [-0.2, -0.15) is 0 Å². The Hall–Kier alpha value is -2.65. The van der Waals surface area contributed by atoms with E-state index < -0.39 is 16.0 Å². The van der Waals surface area contributed by atoms with Crippen LogP contribution in [0.4, 0.5) is 5.69 Å². The number of nitrogens with one attached hydrogen (secondary N) is 1. The quantitative estimate of drug-likeness (QED) is 0.615. The summed E-state index contributed by atoms with van der Waals surface area (Å²) in [6.07, 6.45) is 0. The molecule has 1 aromatic heterocycles. The van der Waals surface area contributed by atoms with Gasteiger partial charge in [-0.3, -0.25) is 14.1 Å². The number of esters is 1. The number of para-hydroxylation sites is 1. The molecule has 2 aromatic carbocycles. The van der Waals surface area contributed by atoms with Crippen molar-refractivity contribution < 1.29 is 17.9 Å². The Balaban J connectivity index is 2.01. The van der Waals surface area contributed by atoms with E-state index in [-0.39, 0.29) is 33.7 Å². The second-order valence-corrected chi connectivity index (χ2v) is 9.01. The molecule has 9 heteroatoms. The van der Waals surface area contributed by atoms with Gasteiger partial charge in [-0.05, 0) is 51.1 Å². The molecule has 0 unspecified atom stereocenters. The summed E-state index contributed by atoms with van der Waals surface area (Å²) in [5.41, 5.74) is 0.953. The average Bonchev–Trinajstić information content (AvgIpc) is 2.97. The van der Waals surface area contributed by atoms with E-state index in [0.717, 1.165) is 11.3 Å². The lowest BCUT2D eigenvalue weighted by molar-refractivity contribution is 0.0527. The first-order valence-corrected chi connectivity index (χ1v) is 11.0. The number of anilines is 1. The zero-order chi connectivity index (χ0) is 20.5. The highest BCUT2D eigenvalue weighted by molar-refractivity contribution is 7.92. The van der Waals surface area contributed by atoms with Crippen LogP contribution in [0, 0.1) is 0 Å². The van der Waals surface area contributed by atoms with Crippen LogP contribution in [0.5, 0.6) is 0 Å². The maximum atomic E-state index is 12.9. The molecular weight excluding hydrogens is 400 g/mol. The van der Waals surface area contributed by atoms with Gasteiger partial charge in [0.2, 0.25) is 0 Å². The summed E-state index contributed by atoms with van der Waals surface area (Å²) in [5.74, 6) is -0.608. The summed E-state index contributed by atoms with van der Waals surface area (Å²) in [6, 6.07) is 10.7. The average molecular weight is 421 g/mol. The molecule has 7 nitrogen and oxygen atoms in total. The number of carbonyl (C=O) groups excluding carboxylic acids is 1. The summed E-state index contributed by atoms with van der Waals surface area (Å²) in [5, 5.41) is 0. The maximum absolute atomic E-state index is 12.9. The van der Waals surface area contributed by atoms with Crippen molar-refractivity contribution in [3.8, 4) is 0 Å². The van der Waals surface area contributed by atoms with Crippen LogP contribution in [0.3, 0.4) is 0 Å². The third-order valence-electron chi connectivity index (χ3n) is 4.08. The molecule has 1 N–H and O–H groups in total. The molecule has 0 atom stereocenters. The van der Waals surface area contributed by atoms with Gasteiger partial charge in [-0.25, -0.2) is 13.2 Å². The topological polar surface area (TPSA) is 94.5 Å². The summed E-state index contributed by atoms with van der Waals surface area (Å²) >= 11 is 0.999. The minimum absolute atomic E-state index is 0.0100. The highest BCUT2D eigenvalue weighted by atomic mass is 32.2. The van der Waals surface area contributed by atoms with Crippen molar-refractivity contribution in [2.75, 3.05) is 11.3 Å². The zero-order valence-corrected chi connectivity index (χ0v) is 17.3. The third kappa shape index (κ3) is 3.81. The number of aromatic nitrogens is 1. The van der Waals surface area contributed by atoms with Gasteiger partial charge in [-0.1, -0.05) is 23.5 Å². The van der Waals surface area contributed by atoms with E-state index in [2.05, 4.69) is 4.72 Å². The van der Waals surface area contributed by atoms with Crippen molar-refractivity contribution >= 4 is 43.2 Å². The molecule has 0 amide bonds. The number of sulfonamides is 1. The Morgan fingerprint density at radius 1 is 1.21 bits per heavy atom. The largest absolute Gasteiger partial charge is 0.462 e. The number of hydrogen-bond acceptors (Lipinski definition) is 6. The Kier molecular flexibility index (Phi) is 5.57. The van der Waals surface area contributed by atoms with Gasteiger partial charge in [-0.15, -0.1) is 0 Å². The number of carbonyl (C=O) groups is 1. The molecule has 0 fully saturated rings. The Labute approximate surface area is 166 Å². The molecule has 3 rings (SSSR count). The van der Waals surface area contributed by atoms with Crippen LogP contribution in [0.1, 0.15) is 37.2 Å². The fraction of sp³-hybridized carbons (Fsp3) is 0.263. The molecule has 1 heterocycles. The molecule has 148 valence electrons. The van der Waals surface area contributed by atoms with Gasteiger partial charge in [0, 0.05) is 6.04 Å². The van der Waals surface area contributed by atoms with E-state index in [4.69, 9.17) is 4.74 Å². The minimum Gasteiger partial charge on any atom is -0.462 e.